The molecule has 27 heavy (non-hydrogen) atoms. The molecule has 138 valence electrons. The third-order valence-electron chi connectivity index (χ3n) is 6.55. The predicted octanol–water partition coefficient (Wildman–Crippen LogP) is 4.80. The molecule has 0 N–H and O–H groups in total. The Kier molecular flexibility index (Phi) is 3.45. The van der Waals surface area contributed by atoms with E-state index in [-0.39, 0.29) is 17.5 Å². The Labute approximate surface area is 161 Å². The number of rotatable bonds is 1. The third-order valence-corrected chi connectivity index (χ3v) is 6.55. The molecule has 3 heteroatoms. The predicted molar refractivity (Wildman–Crippen MR) is 108 cm³/mol. The van der Waals surface area contributed by atoms with Gasteiger partial charge in [0.2, 0.25) is 5.91 Å². The van der Waals surface area contributed by atoms with Crippen LogP contribution in [0.4, 0.5) is 0 Å². The van der Waals surface area contributed by atoms with Crippen LogP contribution in [0.5, 0.6) is 0 Å². The lowest BCUT2D eigenvalue weighted by Crippen LogP contribution is -2.43. The van der Waals surface area contributed by atoms with E-state index in [1.165, 1.54) is 22.3 Å². The highest BCUT2D eigenvalue weighted by atomic mass is 16.2. The molecule has 0 spiro atoms. The molecule has 2 aromatic rings. The van der Waals surface area contributed by atoms with Crippen molar-refractivity contribution in [1.82, 2.24) is 10.0 Å². The smallest absolute Gasteiger partial charge is 0.243 e. The first-order valence-electron chi connectivity index (χ1n) is 9.86. The molecule has 1 amide bonds. The summed E-state index contributed by atoms with van der Waals surface area (Å²) < 4.78 is 0. The minimum absolute atomic E-state index is 0.160. The van der Waals surface area contributed by atoms with Crippen LogP contribution in [0.3, 0.4) is 0 Å². The molecule has 2 fully saturated rings. The summed E-state index contributed by atoms with van der Waals surface area (Å²) in [6, 6.07) is 15.4. The third kappa shape index (κ3) is 2.34. The molecule has 3 aliphatic rings. The van der Waals surface area contributed by atoms with Crippen molar-refractivity contribution in [3.63, 3.8) is 0 Å². The quantitative estimate of drug-likeness (QED) is 0.731. The van der Waals surface area contributed by atoms with Crippen molar-refractivity contribution in [3.8, 4) is 0 Å². The molecule has 1 aliphatic carbocycles. The van der Waals surface area contributed by atoms with Crippen LogP contribution >= 0.6 is 0 Å². The van der Waals surface area contributed by atoms with E-state index in [0.29, 0.717) is 12.3 Å². The number of hydrazine groups is 1. The van der Waals surface area contributed by atoms with Crippen LogP contribution in [0.1, 0.15) is 54.1 Å². The summed E-state index contributed by atoms with van der Waals surface area (Å²) in [5, 5.41) is 4.37. The second kappa shape index (κ2) is 5.56. The van der Waals surface area contributed by atoms with Gasteiger partial charge in [0, 0.05) is 23.6 Å². The Morgan fingerprint density at radius 3 is 2.52 bits per heavy atom. The van der Waals surface area contributed by atoms with Gasteiger partial charge in [0.1, 0.15) is 0 Å². The van der Waals surface area contributed by atoms with E-state index in [9.17, 15) is 4.79 Å². The summed E-state index contributed by atoms with van der Waals surface area (Å²) in [5.41, 5.74) is 7.71. The van der Waals surface area contributed by atoms with Crippen LogP contribution < -0.4 is 0 Å². The van der Waals surface area contributed by atoms with E-state index < -0.39 is 0 Å². The number of carbonyl (C=O) groups excluding carboxylic acids is 1. The number of fused-ring (bicyclic) bond motifs is 5. The van der Waals surface area contributed by atoms with Crippen molar-refractivity contribution in [2.24, 2.45) is 5.92 Å². The lowest BCUT2D eigenvalue weighted by Gasteiger charge is -2.35. The SMILES string of the molecule is Cc1cc2c(cc1C)C1C(C2)/C(=C\c2ccccc2)N2C(=O)CC(C)(C)N12. The number of benzene rings is 2. The van der Waals surface area contributed by atoms with Crippen molar-refractivity contribution in [3.05, 3.63) is 76.0 Å². The van der Waals surface area contributed by atoms with Gasteiger partial charge in [-0.15, -0.1) is 0 Å². The first kappa shape index (κ1) is 16.8. The van der Waals surface area contributed by atoms with E-state index >= 15 is 0 Å². The number of nitrogens with zero attached hydrogens (tertiary/aromatic N) is 2. The molecule has 3 nitrogen and oxygen atoms in total. The zero-order valence-corrected chi connectivity index (χ0v) is 16.5. The molecule has 2 aromatic carbocycles. The molecule has 0 radical (unpaired) electrons. The van der Waals surface area contributed by atoms with Gasteiger partial charge in [-0.3, -0.25) is 4.79 Å². The molecule has 2 unspecified atom stereocenters. The first-order valence-corrected chi connectivity index (χ1v) is 9.86. The summed E-state index contributed by atoms with van der Waals surface area (Å²) in [6.07, 6.45) is 3.81. The van der Waals surface area contributed by atoms with Gasteiger partial charge in [0.05, 0.1) is 6.04 Å². The topological polar surface area (TPSA) is 23.6 Å². The molecule has 0 bridgehead atoms. The average molecular weight is 358 g/mol. The van der Waals surface area contributed by atoms with Crippen molar-refractivity contribution in [2.45, 2.75) is 52.1 Å². The van der Waals surface area contributed by atoms with Crippen LogP contribution in [0.2, 0.25) is 0 Å². The number of amides is 1. The van der Waals surface area contributed by atoms with Gasteiger partial charge in [0.25, 0.3) is 0 Å². The van der Waals surface area contributed by atoms with Crippen molar-refractivity contribution >= 4 is 12.0 Å². The molecule has 0 aromatic heterocycles. The van der Waals surface area contributed by atoms with Gasteiger partial charge >= 0.3 is 0 Å². The zero-order valence-electron chi connectivity index (χ0n) is 16.5. The fourth-order valence-corrected chi connectivity index (χ4v) is 5.22. The zero-order chi connectivity index (χ0) is 18.9. The lowest BCUT2D eigenvalue weighted by atomic mass is 9.92. The van der Waals surface area contributed by atoms with Gasteiger partial charge in [0.15, 0.2) is 0 Å². The van der Waals surface area contributed by atoms with E-state index in [1.807, 2.05) is 11.1 Å². The maximum atomic E-state index is 13.0. The molecule has 2 aliphatic heterocycles. The molecule has 2 heterocycles. The Balaban J connectivity index is 1.69. The Hall–Kier alpha value is -2.39. The molecule has 0 saturated carbocycles. The minimum Gasteiger partial charge on any atom is -0.273 e. The molecule has 2 atom stereocenters. The minimum atomic E-state index is -0.160. The molecule has 5 rings (SSSR count). The van der Waals surface area contributed by atoms with Gasteiger partial charge in [-0.05, 0) is 68.0 Å². The van der Waals surface area contributed by atoms with Crippen molar-refractivity contribution in [2.75, 3.05) is 0 Å². The van der Waals surface area contributed by atoms with E-state index in [2.05, 4.69) is 75.2 Å². The number of hydrogen-bond donors (Lipinski definition) is 0. The first-order chi connectivity index (χ1) is 12.9. The van der Waals surface area contributed by atoms with Gasteiger partial charge in [-0.1, -0.05) is 42.5 Å². The van der Waals surface area contributed by atoms with Crippen molar-refractivity contribution in [1.29, 1.82) is 0 Å². The normalized spacial score (nSPS) is 27.2. The Morgan fingerprint density at radius 1 is 1.07 bits per heavy atom. The Bertz CT molecular complexity index is 973. The molecular formula is C24H26N2O. The summed E-state index contributed by atoms with van der Waals surface area (Å²) in [5.74, 6) is 0.562. The lowest BCUT2D eigenvalue weighted by molar-refractivity contribution is -0.134. The van der Waals surface area contributed by atoms with Crippen LogP contribution in [-0.2, 0) is 11.2 Å². The summed E-state index contributed by atoms with van der Waals surface area (Å²) >= 11 is 0. The van der Waals surface area contributed by atoms with Crippen molar-refractivity contribution < 1.29 is 4.79 Å². The average Bonchev–Trinajstić information content (AvgIpc) is 3.19. The standard InChI is InChI=1S/C24H26N2O/c1-15-10-18-13-20-21(12-17-8-6-5-7-9-17)25-22(27)14-24(3,4)26(25)23(20)19(18)11-16(15)2/h5-12,20,23H,13-14H2,1-4H3/b21-12+. The summed E-state index contributed by atoms with van der Waals surface area (Å²) in [7, 11) is 0. The second-order valence-electron chi connectivity index (χ2n) is 8.91. The summed E-state index contributed by atoms with van der Waals surface area (Å²) in [6.45, 7) is 8.79. The van der Waals surface area contributed by atoms with E-state index in [1.54, 1.807) is 0 Å². The van der Waals surface area contributed by atoms with Gasteiger partial charge < -0.3 is 0 Å². The molecule has 2 saturated heterocycles. The van der Waals surface area contributed by atoms with Gasteiger partial charge in [-0.2, -0.15) is 5.01 Å². The van der Waals surface area contributed by atoms with Crippen LogP contribution in [0.25, 0.3) is 6.08 Å². The molecular weight excluding hydrogens is 332 g/mol. The van der Waals surface area contributed by atoms with Crippen LogP contribution in [-0.4, -0.2) is 21.5 Å². The number of aryl methyl sites for hydroxylation is 2. The largest absolute Gasteiger partial charge is 0.273 e. The highest BCUT2D eigenvalue weighted by Crippen LogP contribution is 2.57. The summed E-state index contributed by atoms with van der Waals surface area (Å²) in [4.78, 5) is 13.0. The highest BCUT2D eigenvalue weighted by Gasteiger charge is 2.59. The number of carbonyl (C=O) groups is 1. The maximum Gasteiger partial charge on any atom is 0.243 e. The fourth-order valence-electron chi connectivity index (χ4n) is 5.22. The van der Waals surface area contributed by atoms with Gasteiger partial charge in [-0.25, -0.2) is 5.01 Å². The monoisotopic (exact) mass is 358 g/mol. The Morgan fingerprint density at radius 2 is 1.78 bits per heavy atom. The van der Waals surface area contributed by atoms with E-state index in [4.69, 9.17) is 0 Å². The fraction of sp³-hybridized carbons (Fsp3) is 0.375. The number of hydrogen-bond acceptors (Lipinski definition) is 2. The van der Waals surface area contributed by atoms with Crippen LogP contribution in [0.15, 0.2) is 48.2 Å². The van der Waals surface area contributed by atoms with E-state index in [0.717, 1.165) is 17.7 Å². The highest BCUT2D eigenvalue weighted by molar-refractivity contribution is 5.83. The second-order valence-corrected chi connectivity index (χ2v) is 8.91. The van der Waals surface area contributed by atoms with Crippen LogP contribution in [0, 0.1) is 19.8 Å². The maximum absolute atomic E-state index is 13.0.